The SMILES string of the molecule is O=C1C[C@@H](C(=O)Nc2nccs2)c2ccc(F)cc2N1. The highest BCUT2D eigenvalue weighted by Gasteiger charge is 2.31. The average molecular weight is 291 g/mol. The molecular weight excluding hydrogens is 281 g/mol. The molecule has 0 fully saturated rings. The van der Waals surface area contributed by atoms with Crippen LogP contribution in [0.3, 0.4) is 0 Å². The Kier molecular flexibility index (Phi) is 3.19. The molecule has 0 aliphatic carbocycles. The van der Waals surface area contributed by atoms with Gasteiger partial charge in [-0.15, -0.1) is 11.3 Å². The summed E-state index contributed by atoms with van der Waals surface area (Å²) in [6.45, 7) is 0. The summed E-state index contributed by atoms with van der Waals surface area (Å²) in [5.74, 6) is -1.71. The highest BCUT2D eigenvalue weighted by Crippen LogP contribution is 2.33. The van der Waals surface area contributed by atoms with Gasteiger partial charge in [0, 0.05) is 23.7 Å². The normalized spacial score (nSPS) is 17.2. The van der Waals surface area contributed by atoms with E-state index in [1.165, 1.54) is 29.5 Å². The Morgan fingerprint density at radius 1 is 1.50 bits per heavy atom. The third kappa shape index (κ3) is 2.39. The number of nitrogens with zero attached hydrogens (tertiary/aromatic N) is 1. The van der Waals surface area contributed by atoms with Crippen LogP contribution in [0.25, 0.3) is 0 Å². The van der Waals surface area contributed by atoms with Gasteiger partial charge < -0.3 is 10.6 Å². The molecule has 0 saturated heterocycles. The van der Waals surface area contributed by atoms with Crippen LogP contribution in [-0.2, 0) is 9.59 Å². The third-order valence-electron chi connectivity index (χ3n) is 3.03. The monoisotopic (exact) mass is 291 g/mol. The van der Waals surface area contributed by atoms with Crippen LogP contribution in [-0.4, -0.2) is 16.8 Å². The van der Waals surface area contributed by atoms with Crippen molar-refractivity contribution in [2.24, 2.45) is 0 Å². The van der Waals surface area contributed by atoms with E-state index in [1.54, 1.807) is 11.6 Å². The topological polar surface area (TPSA) is 71.1 Å². The molecule has 5 nitrogen and oxygen atoms in total. The lowest BCUT2D eigenvalue weighted by atomic mass is 9.90. The lowest BCUT2D eigenvalue weighted by molar-refractivity contribution is -0.123. The summed E-state index contributed by atoms with van der Waals surface area (Å²) in [6, 6.07) is 4.02. The van der Waals surface area contributed by atoms with Crippen LogP contribution in [0.2, 0.25) is 0 Å². The molecule has 0 spiro atoms. The van der Waals surface area contributed by atoms with Gasteiger partial charge in [0.25, 0.3) is 0 Å². The molecule has 7 heteroatoms. The first kappa shape index (κ1) is 12.7. The van der Waals surface area contributed by atoms with E-state index in [4.69, 9.17) is 0 Å². The van der Waals surface area contributed by atoms with Crippen molar-refractivity contribution >= 4 is 34.0 Å². The van der Waals surface area contributed by atoms with Crippen molar-refractivity contribution in [2.45, 2.75) is 12.3 Å². The molecule has 1 aromatic carbocycles. The fraction of sp³-hybridized carbons (Fsp3) is 0.154. The van der Waals surface area contributed by atoms with Crippen molar-refractivity contribution in [1.82, 2.24) is 4.98 Å². The number of amides is 2. The molecule has 102 valence electrons. The lowest BCUT2D eigenvalue weighted by Crippen LogP contribution is -2.30. The lowest BCUT2D eigenvalue weighted by Gasteiger charge is -2.24. The number of hydrogen-bond acceptors (Lipinski definition) is 4. The number of carbonyl (C=O) groups is 2. The fourth-order valence-corrected chi connectivity index (χ4v) is 2.68. The van der Waals surface area contributed by atoms with Crippen LogP contribution in [0.5, 0.6) is 0 Å². The molecular formula is C13H10FN3O2S. The Bertz CT molecular complexity index is 672. The van der Waals surface area contributed by atoms with Gasteiger partial charge in [-0.3, -0.25) is 9.59 Å². The highest BCUT2D eigenvalue weighted by molar-refractivity contribution is 7.13. The Morgan fingerprint density at radius 2 is 2.35 bits per heavy atom. The van der Waals surface area contributed by atoms with Crippen LogP contribution in [0, 0.1) is 5.82 Å². The van der Waals surface area contributed by atoms with Crippen molar-refractivity contribution in [3.63, 3.8) is 0 Å². The third-order valence-corrected chi connectivity index (χ3v) is 3.72. The van der Waals surface area contributed by atoms with Gasteiger partial charge in [0.15, 0.2) is 5.13 Å². The van der Waals surface area contributed by atoms with E-state index in [9.17, 15) is 14.0 Å². The molecule has 1 aliphatic rings. The second-order valence-electron chi connectivity index (χ2n) is 4.36. The number of benzene rings is 1. The zero-order valence-corrected chi connectivity index (χ0v) is 11.0. The summed E-state index contributed by atoms with van der Waals surface area (Å²) < 4.78 is 13.2. The van der Waals surface area contributed by atoms with E-state index >= 15 is 0 Å². The maximum absolute atomic E-state index is 13.2. The van der Waals surface area contributed by atoms with E-state index in [0.717, 1.165) is 0 Å². The van der Waals surface area contributed by atoms with E-state index in [2.05, 4.69) is 15.6 Å². The van der Waals surface area contributed by atoms with Gasteiger partial charge in [0.1, 0.15) is 5.82 Å². The summed E-state index contributed by atoms with van der Waals surface area (Å²) in [7, 11) is 0. The summed E-state index contributed by atoms with van der Waals surface area (Å²) >= 11 is 1.30. The number of anilines is 2. The zero-order valence-electron chi connectivity index (χ0n) is 10.2. The van der Waals surface area contributed by atoms with Crippen LogP contribution in [0.1, 0.15) is 17.9 Å². The second kappa shape index (κ2) is 5.01. The standard InChI is InChI=1S/C13H10FN3O2S/c14-7-1-2-8-9(6-11(18)16-10(8)5-7)12(19)17-13-15-3-4-20-13/h1-5,9H,6H2,(H,16,18)(H,15,17,19)/t9-/m1/s1. The van der Waals surface area contributed by atoms with E-state index in [0.29, 0.717) is 16.4 Å². The van der Waals surface area contributed by atoms with Gasteiger partial charge in [-0.25, -0.2) is 9.37 Å². The molecule has 20 heavy (non-hydrogen) atoms. The molecule has 1 aromatic heterocycles. The van der Waals surface area contributed by atoms with Gasteiger partial charge in [0.05, 0.1) is 5.92 Å². The molecule has 3 rings (SSSR count). The molecule has 1 atom stereocenters. The van der Waals surface area contributed by atoms with Gasteiger partial charge in [-0.2, -0.15) is 0 Å². The number of nitrogens with one attached hydrogen (secondary N) is 2. The molecule has 2 amide bonds. The number of hydrogen-bond donors (Lipinski definition) is 2. The number of carbonyl (C=O) groups excluding carboxylic acids is 2. The van der Waals surface area contributed by atoms with Crippen LogP contribution >= 0.6 is 11.3 Å². The van der Waals surface area contributed by atoms with Crippen LogP contribution in [0.15, 0.2) is 29.8 Å². The first-order valence-corrected chi connectivity index (χ1v) is 6.81. The molecule has 1 aliphatic heterocycles. The Hall–Kier alpha value is -2.28. The van der Waals surface area contributed by atoms with Gasteiger partial charge >= 0.3 is 0 Å². The van der Waals surface area contributed by atoms with Crippen LogP contribution in [0.4, 0.5) is 15.2 Å². The van der Waals surface area contributed by atoms with Gasteiger partial charge in [-0.05, 0) is 17.7 Å². The second-order valence-corrected chi connectivity index (χ2v) is 5.26. The Morgan fingerprint density at radius 3 is 3.10 bits per heavy atom. The van der Waals surface area contributed by atoms with Crippen molar-refractivity contribution in [3.05, 3.63) is 41.2 Å². The average Bonchev–Trinajstić information content (AvgIpc) is 2.90. The largest absolute Gasteiger partial charge is 0.326 e. The molecule has 0 saturated carbocycles. The van der Waals surface area contributed by atoms with E-state index in [-0.39, 0.29) is 18.2 Å². The quantitative estimate of drug-likeness (QED) is 0.892. The van der Waals surface area contributed by atoms with E-state index < -0.39 is 11.7 Å². The molecule has 2 aromatic rings. The molecule has 0 radical (unpaired) electrons. The molecule has 0 bridgehead atoms. The number of halogens is 1. The summed E-state index contributed by atoms with van der Waals surface area (Å²) in [5, 5.41) is 7.45. The fourth-order valence-electron chi connectivity index (χ4n) is 2.15. The maximum Gasteiger partial charge on any atom is 0.234 e. The smallest absolute Gasteiger partial charge is 0.234 e. The minimum Gasteiger partial charge on any atom is -0.326 e. The molecule has 2 heterocycles. The predicted molar refractivity (Wildman–Crippen MR) is 73.1 cm³/mol. The maximum atomic E-state index is 13.2. The summed E-state index contributed by atoms with van der Waals surface area (Å²) in [5.41, 5.74) is 0.959. The minimum absolute atomic E-state index is 0.0375. The van der Waals surface area contributed by atoms with Crippen molar-refractivity contribution in [3.8, 4) is 0 Å². The van der Waals surface area contributed by atoms with Gasteiger partial charge in [-0.1, -0.05) is 6.07 Å². The Balaban J connectivity index is 1.90. The highest BCUT2D eigenvalue weighted by atomic mass is 32.1. The van der Waals surface area contributed by atoms with Gasteiger partial charge in [0.2, 0.25) is 11.8 Å². The van der Waals surface area contributed by atoms with Crippen LogP contribution < -0.4 is 10.6 Å². The summed E-state index contributed by atoms with van der Waals surface area (Å²) in [4.78, 5) is 27.8. The van der Waals surface area contributed by atoms with Crippen molar-refractivity contribution in [2.75, 3.05) is 10.6 Å². The van der Waals surface area contributed by atoms with Crippen molar-refractivity contribution < 1.29 is 14.0 Å². The Labute approximate surface area is 117 Å². The zero-order chi connectivity index (χ0) is 14.1. The molecule has 0 unspecified atom stereocenters. The minimum atomic E-state index is -0.636. The van der Waals surface area contributed by atoms with Crippen molar-refractivity contribution in [1.29, 1.82) is 0 Å². The number of aromatic nitrogens is 1. The first-order chi connectivity index (χ1) is 9.63. The summed E-state index contributed by atoms with van der Waals surface area (Å²) in [6.07, 6.45) is 1.62. The number of thiazole rings is 1. The number of fused-ring (bicyclic) bond motifs is 1. The first-order valence-electron chi connectivity index (χ1n) is 5.93. The predicted octanol–water partition coefficient (Wildman–Crippen LogP) is 2.35. The molecule has 2 N–H and O–H groups in total. The number of rotatable bonds is 2. The van der Waals surface area contributed by atoms with E-state index in [1.807, 2.05) is 0 Å².